The zero-order valence-electron chi connectivity index (χ0n) is 1.33. The van der Waals surface area contributed by atoms with Crippen LogP contribution in [0.1, 0.15) is 0 Å². The van der Waals surface area contributed by atoms with Gasteiger partial charge in [0.1, 0.15) is 0 Å². The van der Waals surface area contributed by atoms with Gasteiger partial charge in [-0.1, -0.05) is 0 Å². The van der Waals surface area contributed by atoms with Crippen LogP contribution in [0.5, 0.6) is 0 Å². The van der Waals surface area contributed by atoms with Gasteiger partial charge in [-0.2, -0.15) is 0 Å². The Balaban J connectivity index is 0. The van der Waals surface area contributed by atoms with Crippen molar-refractivity contribution in [1.82, 2.24) is 0 Å². The Morgan fingerprint density at radius 2 is 1.00 bits per heavy atom. The molecule has 0 saturated heterocycles. The van der Waals surface area contributed by atoms with Gasteiger partial charge in [0.05, 0.1) is 0 Å². The molecule has 4 heavy (non-hydrogen) atoms. The van der Waals surface area contributed by atoms with Crippen molar-refractivity contribution in [2.45, 2.75) is 0 Å². The minimum atomic E-state index is 0. The van der Waals surface area contributed by atoms with Gasteiger partial charge in [0, 0.05) is 49.7 Å². The van der Waals surface area contributed by atoms with Crippen molar-refractivity contribution in [1.29, 1.82) is 0 Å². The number of rotatable bonds is 0. The standard InChI is InChI=1S/Au.Ga.HSe.Tl.3H/h;;1H;;;;. The first-order valence-corrected chi connectivity index (χ1v) is 0. The molecule has 0 aromatic rings. The van der Waals surface area contributed by atoms with E-state index in [1.165, 1.54) is 0 Å². The SMILES string of the molecule is [Au].[GaH3].[SeH].[Tl]. The summed E-state index contributed by atoms with van der Waals surface area (Å²) in [5, 5.41) is 0. The topological polar surface area (TPSA) is 0 Å². The van der Waals surface area contributed by atoms with E-state index in [4.69, 9.17) is 0 Å². The van der Waals surface area contributed by atoms with Crippen molar-refractivity contribution in [2.24, 2.45) is 0 Å². The molecule has 0 aliphatic rings. The van der Waals surface area contributed by atoms with Gasteiger partial charge in [-0.25, -0.2) is 0 Å². The maximum Gasteiger partial charge on any atom is 0 e. The molecule has 3 radical (unpaired) electrons. The van der Waals surface area contributed by atoms with Crippen LogP contribution in [0.3, 0.4) is 0 Å². The van der Waals surface area contributed by atoms with Crippen molar-refractivity contribution in [3.8, 4) is 0 Å². The molecule has 0 fully saturated rings. The zero-order valence-corrected chi connectivity index (χ0v) is 9.86. The molecule has 0 N–H and O–H groups in total. The van der Waals surface area contributed by atoms with Crippen LogP contribution in [0.2, 0.25) is 0 Å². The Morgan fingerprint density at radius 3 is 1.00 bits per heavy atom. The minimum Gasteiger partial charge on any atom is 0 e. The monoisotopic (exact) mass is 555 g/mol. The molecule has 0 aliphatic heterocycles. The van der Waals surface area contributed by atoms with Gasteiger partial charge in [-0.3, -0.25) is 0 Å². The average Bonchev–Trinajstić information content (AvgIpc) is 0. The maximum atomic E-state index is 0. The molecule has 0 heterocycles. The van der Waals surface area contributed by atoms with Gasteiger partial charge >= 0.3 is 36.9 Å². The van der Waals surface area contributed by atoms with Crippen molar-refractivity contribution in [3.63, 3.8) is 0 Å². The summed E-state index contributed by atoms with van der Waals surface area (Å²) in [4.78, 5) is 0. The molecule has 0 amide bonds. The Bertz CT molecular complexity index is 8.00. The van der Waals surface area contributed by atoms with E-state index < -0.39 is 0 Å². The van der Waals surface area contributed by atoms with Crippen LogP contribution in [0, 0.1) is 0 Å². The summed E-state index contributed by atoms with van der Waals surface area (Å²) in [5.41, 5.74) is 0. The van der Waals surface area contributed by atoms with E-state index in [2.05, 4.69) is 0 Å². The quantitative estimate of drug-likeness (QED) is 0.299. The summed E-state index contributed by atoms with van der Waals surface area (Å²) in [6.07, 6.45) is 0. The van der Waals surface area contributed by atoms with E-state index in [-0.39, 0.29) is 86.5 Å². The third-order valence-electron chi connectivity index (χ3n) is 0. The first-order chi connectivity index (χ1) is 0. The smallest absolute Gasteiger partial charge is 0 e. The van der Waals surface area contributed by atoms with Crippen molar-refractivity contribution < 1.29 is 22.4 Å². The predicted molar refractivity (Wildman–Crippen MR) is 22.8 cm³/mol. The van der Waals surface area contributed by atoms with Gasteiger partial charge in [0.15, 0.2) is 0 Å². The molecular weight excluding hydrogens is 550 g/mol. The van der Waals surface area contributed by atoms with Crippen LogP contribution < -0.4 is 0 Å². The first kappa shape index (κ1) is 29.1. The summed E-state index contributed by atoms with van der Waals surface area (Å²) >= 11 is 0. The predicted octanol–water partition coefficient (Wildman–Crippen LogP) is -2.22. The van der Waals surface area contributed by atoms with E-state index in [1.807, 2.05) is 0 Å². The van der Waals surface area contributed by atoms with E-state index in [9.17, 15) is 0 Å². The van der Waals surface area contributed by atoms with Gasteiger partial charge in [-0.05, 0) is 0 Å². The molecule has 0 bridgehead atoms. The molecule has 0 atom stereocenters. The molecule has 0 aromatic carbocycles. The van der Waals surface area contributed by atoms with E-state index in [1.54, 1.807) is 0 Å². The van der Waals surface area contributed by atoms with E-state index in [0.29, 0.717) is 0 Å². The van der Waals surface area contributed by atoms with Crippen molar-refractivity contribution in [2.75, 3.05) is 0 Å². The van der Waals surface area contributed by atoms with E-state index >= 15 is 0 Å². The second-order valence-electron chi connectivity index (χ2n) is 0. The molecule has 0 nitrogen and oxygen atoms in total. The van der Waals surface area contributed by atoms with E-state index in [0.717, 1.165) is 0 Å². The van der Waals surface area contributed by atoms with Gasteiger partial charge in [-0.15, -0.1) is 0 Å². The fourth-order valence-electron chi connectivity index (χ4n) is 0. The molecule has 27 valence electrons. The molecule has 0 aliphatic carbocycles. The molecule has 0 spiro atoms. The third kappa shape index (κ3) is 8.84. The Morgan fingerprint density at radius 1 is 1.00 bits per heavy atom. The molecule has 0 rings (SSSR count). The minimum absolute atomic E-state index is 0. The van der Waals surface area contributed by atoms with Crippen LogP contribution in [-0.2, 0) is 22.4 Å². The third-order valence-corrected chi connectivity index (χ3v) is 0. The molecular formula is H4AuGaSeTl. The summed E-state index contributed by atoms with van der Waals surface area (Å²) in [7, 11) is 0. The van der Waals surface area contributed by atoms with Crippen molar-refractivity contribution in [3.05, 3.63) is 0 Å². The first-order valence-electron chi connectivity index (χ1n) is 0. The summed E-state index contributed by atoms with van der Waals surface area (Å²) in [6, 6.07) is 0. The van der Waals surface area contributed by atoms with Crippen LogP contribution in [0.4, 0.5) is 0 Å². The molecule has 0 unspecified atom stereocenters. The number of hydrogen-bond acceptors (Lipinski definition) is 0. The fourth-order valence-corrected chi connectivity index (χ4v) is 0. The molecule has 0 saturated carbocycles. The van der Waals surface area contributed by atoms with Crippen LogP contribution in [0.25, 0.3) is 0 Å². The van der Waals surface area contributed by atoms with Crippen molar-refractivity contribution >= 4 is 64.2 Å². The summed E-state index contributed by atoms with van der Waals surface area (Å²) in [6.45, 7) is 0. The summed E-state index contributed by atoms with van der Waals surface area (Å²) < 4.78 is 0. The summed E-state index contributed by atoms with van der Waals surface area (Å²) in [5.74, 6) is 0. The van der Waals surface area contributed by atoms with Crippen LogP contribution in [-0.4, -0.2) is 64.2 Å². The maximum absolute atomic E-state index is 0. The van der Waals surface area contributed by atoms with Gasteiger partial charge < -0.3 is 0 Å². The van der Waals surface area contributed by atoms with Crippen LogP contribution in [0.15, 0.2) is 0 Å². The largest absolute Gasteiger partial charge is 0 e. The normalized spacial score (nSPS) is 0. The Labute approximate surface area is 85.1 Å². The van der Waals surface area contributed by atoms with Crippen LogP contribution >= 0.6 is 0 Å². The van der Waals surface area contributed by atoms with Gasteiger partial charge in [0.25, 0.3) is 0 Å². The Hall–Kier alpha value is 2.82. The van der Waals surface area contributed by atoms with Gasteiger partial charge in [0.2, 0.25) is 0 Å². The average molecular weight is 554 g/mol. The molecule has 4 heteroatoms. The fraction of sp³-hybridized carbons (Fsp3) is 0. The molecule has 0 aromatic heterocycles. The number of hydrogen-bond donors (Lipinski definition) is 0. The second-order valence-corrected chi connectivity index (χ2v) is 0. The second kappa shape index (κ2) is 17.0. The zero-order chi connectivity index (χ0) is 0. The Kier molecular flexibility index (Phi) is 124.